The lowest BCUT2D eigenvalue weighted by atomic mass is 10.1. The molecule has 3 rings (SSSR count). The van der Waals surface area contributed by atoms with Crippen LogP contribution in [0.2, 0.25) is 0 Å². The largest absolute Gasteiger partial charge is 0.497 e. The Hall–Kier alpha value is -1.63. The predicted octanol–water partition coefficient (Wildman–Crippen LogP) is 2.54. The Kier molecular flexibility index (Phi) is 5.48. The van der Waals surface area contributed by atoms with Gasteiger partial charge in [-0.05, 0) is 43.1 Å². The first-order valence-electron chi connectivity index (χ1n) is 7.80. The van der Waals surface area contributed by atoms with Crippen LogP contribution < -0.4 is 9.47 Å². The lowest BCUT2D eigenvalue weighted by Crippen LogP contribution is -2.21. The van der Waals surface area contributed by atoms with Crippen molar-refractivity contribution in [3.05, 3.63) is 40.3 Å². The number of thiazole rings is 1. The first-order chi connectivity index (χ1) is 11.3. The second kappa shape index (κ2) is 7.77. The highest BCUT2D eigenvalue weighted by Gasteiger charge is 2.22. The molecular weight excluding hydrogens is 312 g/mol. The zero-order valence-electron chi connectivity index (χ0n) is 13.3. The molecule has 0 aliphatic carbocycles. The number of methoxy groups -OCH3 is 1. The van der Waals surface area contributed by atoms with E-state index in [2.05, 4.69) is 15.3 Å². The van der Waals surface area contributed by atoms with Crippen molar-refractivity contribution in [3.8, 4) is 11.5 Å². The summed E-state index contributed by atoms with van der Waals surface area (Å²) in [6.45, 7) is 3.63. The highest BCUT2D eigenvalue weighted by Crippen LogP contribution is 2.21. The summed E-state index contributed by atoms with van der Waals surface area (Å²) in [4.78, 5) is 6.99. The fourth-order valence-corrected chi connectivity index (χ4v) is 3.44. The smallest absolute Gasteiger partial charge is 0.140 e. The molecule has 5 nitrogen and oxygen atoms in total. The Morgan fingerprint density at radius 2 is 2.09 bits per heavy atom. The van der Waals surface area contributed by atoms with E-state index in [1.54, 1.807) is 18.4 Å². The number of rotatable bonds is 7. The topological polar surface area (TPSA) is 54.8 Å². The maximum atomic E-state index is 9.20. The number of aliphatic hydroxyl groups is 1. The van der Waals surface area contributed by atoms with Gasteiger partial charge in [0.25, 0.3) is 0 Å². The van der Waals surface area contributed by atoms with Crippen LogP contribution in [-0.2, 0) is 13.2 Å². The number of likely N-dealkylation sites (tertiary alicyclic amines) is 1. The van der Waals surface area contributed by atoms with E-state index in [-0.39, 0.29) is 6.61 Å². The standard InChI is InChI=1S/C17H22N2O3S/c1-21-15-2-4-16(5-3-15)22-11-17-18-14(12-23-17)9-19-7-6-13(8-19)10-20/h2-5,12-13,20H,6-11H2,1H3. The molecule has 1 aromatic carbocycles. The average molecular weight is 334 g/mol. The van der Waals surface area contributed by atoms with E-state index in [9.17, 15) is 5.11 Å². The molecule has 2 heterocycles. The van der Waals surface area contributed by atoms with E-state index < -0.39 is 0 Å². The van der Waals surface area contributed by atoms with Gasteiger partial charge >= 0.3 is 0 Å². The Morgan fingerprint density at radius 1 is 1.30 bits per heavy atom. The minimum atomic E-state index is 0.286. The monoisotopic (exact) mass is 334 g/mol. The average Bonchev–Trinajstić information content (AvgIpc) is 3.23. The number of hydrogen-bond donors (Lipinski definition) is 1. The number of nitrogens with zero attached hydrogens (tertiary/aromatic N) is 2. The molecule has 1 aromatic heterocycles. The molecule has 1 aliphatic heterocycles. The van der Waals surface area contributed by atoms with Crippen LogP contribution in [0.4, 0.5) is 0 Å². The molecule has 1 unspecified atom stereocenters. The lowest BCUT2D eigenvalue weighted by Gasteiger charge is -2.13. The van der Waals surface area contributed by atoms with Gasteiger partial charge in [0.15, 0.2) is 0 Å². The first kappa shape index (κ1) is 16.2. The van der Waals surface area contributed by atoms with Gasteiger partial charge < -0.3 is 14.6 Å². The summed E-state index contributed by atoms with van der Waals surface area (Å²) < 4.78 is 10.9. The van der Waals surface area contributed by atoms with Gasteiger partial charge in [-0.1, -0.05) is 0 Å². The quantitative estimate of drug-likeness (QED) is 0.843. The van der Waals surface area contributed by atoms with Gasteiger partial charge in [-0.2, -0.15) is 0 Å². The maximum absolute atomic E-state index is 9.20. The summed E-state index contributed by atoms with van der Waals surface area (Å²) >= 11 is 1.63. The van der Waals surface area contributed by atoms with Gasteiger partial charge in [0.2, 0.25) is 0 Å². The molecule has 0 spiro atoms. The van der Waals surface area contributed by atoms with Crippen molar-refractivity contribution in [1.29, 1.82) is 0 Å². The molecule has 1 atom stereocenters. The number of benzene rings is 1. The van der Waals surface area contributed by atoms with Crippen LogP contribution in [0, 0.1) is 5.92 Å². The minimum absolute atomic E-state index is 0.286. The van der Waals surface area contributed by atoms with E-state index in [1.165, 1.54) is 0 Å². The molecule has 0 amide bonds. The molecule has 0 bridgehead atoms. The Labute approximate surface area is 140 Å². The van der Waals surface area contributed by atoms with E-state index in [0.29, 0.717) is 12.5 Å². The highest BCUT2D eigenvalue weighted by atomic mass is 32.1. The van der Waals surface area contributed by atoms with Crippen LogP contribution in [0.1, 0.15) is 17.1 Å². The fraction of sp³-hybridized carbons (Fsp3) is 0.471. The molecule has 23 heavy (non-hydrogen) atoms. The number of hydrogen-bond acceptors (Lipinski definition) is 6. The van der Waals surface area contributed by atoms with E-state index >= 15 is 0 Å². The van der Waals surface area contributed by atoms with Crippen molar-refractivity contribution in [1.82, 2.24) is 9.88 Å². The van der Waals surface area contributed by atoms with Crippen LogP contribution in [0.3, 0.4) is 0 Å². The molecule has 1 N–H and O–H groups in total. The van der Waals surface area contributed by atoms with Crippen molar-refractivity contribution >= 4 is 11.3 Å². The fourth-order valence-electron chi connectivity index (χ4n) is 2.74. The van der Waals surface area contributed by atoms with Gasteiger partial charge in [0, 0.05) is 25.1 Å². The molecule has 1 saturated heterocycles. The minimum Gasteiger partial charge on any atom is -0.497 e. The van der Waals surface area contributed by atoms with Crippen molar-refractivity contribution in [2.45, 2.75) is 19.6 Å². The van der Waals surface area contributed by atoms with Crippen LogP contribution in [0.5, 0.6) is 11.5 Å². The Bertz CT molecular complexity index is 615. The van der Waals surface area contributed by atoms with E-state index in [1.807, 2.05) is 24.3 Å². The molecule has 1 fully saturated rings. The number of aliphatic hydroxyl groups excluding tert-OH is 1. The van der Waals surface area contributed by atoms with E-state index in [0.717, 1.165) is 48.3 Å². The van der Waals surface area contributed by atoms with E-state index in [4.69, 9.17) is 9.47 Å². The van der Waals surface area contributed by atoms with Crippen LogP contribution in [0.25, 0.3) is 0 Å². The second-order valence-electron chi connectivity index (χ2n) is 5.77. The zero-order valence-corrected chi connectivity index (χ0v) is 14.1. The molecule has 1 aliphatic rings. The first-order valence-corrected chi connectivity index (χ1v) is 8.68. The Morgan fingerprint density at radius 3 is 2.78 bits per heavy atom. The van der Waals surface area contributed by atoms with Gasteiger partial charge in [0.05, 0.1) is 12.8 Å². The summed E-state index contributed by atoms with van der Waals surface area (Å²) in [7, 11) is 1.65. The second-order valence-corrected chi connectivity index (χ2v) is 6.71. The molecule has 124 valence electrons. The molecule has 2 aromatic rings. The number of ether oxygens (including phenoxy) is 2. The lowest BCUT2D eigenvalue weighted by molar-refractivity contribution is 0.219. The van der Waals surface area contributed by atoms with Crippen molar-refractivity contribution in [3.63, 3.8) is 0 Å². The number of aromatic nitrogens is 1. The predicted molar refractivity (Wildman–Crippen MR) is 89.9 cm³/mol. The maximum Gasteiger partial charge on any atom is 0.140 e. The zero-order chi connectivity index (χ0) is 16.1. The van der Waals surface area contributed by atoms with Gasteiger partial charge in [-0.25, -0.2) is 4.98 Å². The third-order valence-corrected chi connectivity index (χ3v) is 4.91. The molecular formula is C17H22N2O3S. The molecule has 0 radical (unpaired) electrons. The molecule has 0 saturated carbocycles. The van der Waals surface area contributed by atoms with Crippen molar-refractivity contribution < 1.29 is 14.6 Å². The van der Waals surface area contributed by atoms with Gasteiger partial charge in [0.1, 0.15) is 23.1 Å². The third kappa shape index (κ3) is 4.43. The summed E-state index contributed by atoms with van der Waals surface area (Å²) in [5.74, 6) is 2.06. The molecule has 6 heteroatoms. The summed E-state index contributed by atoms with van der Waals surface area (Å²) in [5.41, 5.74) is 1.09. The van der Waals surface area contributed by atoms with Crippen LogP contribution >= 0.6 is 11.3 Å². The van der Waals surface area contributed by atoms with Crippen LogP contribution in [0.15, 0.2) is 29.6 Å². The SMILES string of the molecule is COc1ccc(OCc2nc(CN3CCC(CO)C3)cs2)cc1. The normalized spacial score (nSPS) is 18.3. The summed E-state index contributed by atoms with van der Waals surface area (Å²) in [6.07, 6.45) is 1.08. The third-order valence-electron chi connectivity index (χ3n) is 4.03. The highest BCUT2D eigenvalue weighted by molar-refractivity contribution is 7.09. The summed E-state index contributed by atoms with van der Waals surface area (Å²) in [5, 5.41) is 12.3. The van der Waals surface area contributed by atoms with Gasteiger partial charge in [-0.3, -0.25) is 4.90 Å². The summed E-state index contributed by atoms with van der Waals surface area (Å²) in [6, 6.07) is 7.56. The van der Waals surface area contributed by atoms with Crippen molar-refractivity contribution in [2.75, 3.05) is 26.8 Å². The van der Waals surface area contributed by atoms with Crippen molar-refractivity contribution in [2.24, 2.45) is 5.92 Å². The van der Waals surface area contributed by atoms with Crippen LogP contribution in [-0.4, -0.2) is 41.8 Å². The Balaban J connectivity index is 1.49. The van der Waals surface area contributed by atoms with Gasteiger partial charge in [-0.15, -0.1) is 11.3 Å².